The number of benzene rings is 9. The Kier molecular flexibility index (Phi) is 21.0. The van der Waals surface area contributed by atoms with Gasteiger partial charge >= 0.3 is 16.5 Å². The number of hydrogen-bond donors (Lipinski definition) is 6. The molecule has 6 N–H and O–H groups in total. The Balaban J connectivity index is 0.000000162. The van der Waals surface area contributed by atoms with Crippen molar-refractivity contribution in [3.05, 3.63) is 251 Å². The third kappa shape index (κ3) is 16.4. The lowest BCUT2D eigenvalue weighted by molar-refractivity contribution is -0.0442. The molecule has 2 unspecified atom stereocenters. The van der Waals surface area contributed by atoms with E-state index in [0.29, 0.717) is 59.8 Å². The summed E-state index contributed by atoms with van der Waals surface area (Å²) in [6.07, 6.45) is 3.99. The number of aromatic amines is 3. The SMILES string of the molecule is CC(C)(O)c1ccccc1-c1ccc2nc(CCc3ccc(S(=O)(=O)C(F)(F)F)cc3)[nH]c2c1.CC(O)c1ccccc1-c1ccc2nc(/C=C/c3ccc(S(=O)(=O)C(F)(F)F)cc3)[nH]c2c1.CC(O)c1ccccc1-c1ccc2nc(CCc3ccc(S(=O)(=O)C(F)(F)F)cc3)[nH]c2c1. The second-order valence-corrected chi connectivity index (χ2v) is 29.7. The molecular weight excluding hydrogens is 1370 g/mol. The van der Waals surface area contributed by atoms with Crippen LogP contribution in [-0.4, -0.2) is 87.0 Å². The van der Waals surface area contributed by atoms with Crippen LogP contribution < -0.4 is 0 Å². The second kappa shape index (κ2) is 28.8. The molecule has 520 valence electrons. The smallest absolute Gasteiger partial charge is 0.389 e. The minimum atomic E-state index is -5.37. The van der Waals surface area contributed by atoms with Crippen molar-refractivity contribution >= 4 is 74.8 Å². The molecule has 12 aromatic rings. The van der Waals surface area contributed by atoms with Crippen LogP contribution in [0.25, 0.3) is 78.6 Å². The monoisotopic (exact) mass is 1430 g/mol. The number of H-pyrrole nitrogens is 3. The van der Waals surface area contributed by atoms with Gasteiger partial charge in [-0.05, 0) is 186 Å². The minimum Gasteiger partial charge on any atom is -0.389 e. The molecular formula is C73H63F9N6O9S3. The Morgan fingerprint density at radius 1 is 0.410 bits per heavy atom. The van der Waals surface area contributed by atoms with Gasteiger partial charge in [-0.1, -0.05) is 133 Å². The van der Waals surface area contributed by atoms with Gasteiger partial charge in [0.25, 0.3) is 29.5 Å². The third-order valence-corrected chi connectivity index (χ3v) is 20.7. The standard InChI is InChI=1S/C25H23F3N2O3S.C24H21F3N2O3S.C24H19F3N2O3S/c1-24(2,31)20-6-4-3-5-19(20)17-10-13-21-22(15-17)30-23(29-21)14-9-16-7-11-18(12-8-16)34(32,33)25(26,27)28;2*1-15(30)19-4-2-3-5-20(19)17-9-12-21-22(14-17)29-23(28-21)13-8-16-6-10-18(11-7-16)33(31,32)24(25,26)27/h3-8,10-13,15,31H,9,14H2,1-2H3,(H,29,30);2-7,9-12,14-15,30H,8,13H2,1H3,(H,28,29);2-15,30H,1H3,(H,28,29)/b;;13-8+. The Morgan fingerprint density at radius 2 is 0.750 bits per heavy atom. The van der Waals surface area contributed by atoms with Gasteiger partial charge in [-0.2, -0.15) is 39.5 Å². The molecule has 0 radical (unpaired) electrons. The fourth-order valence-electron chi connectivity index (χ4n) is 11.0. The first-order valence-electron chi connectivity index (χ1n) is 30.7. The van der Waals surface area contributed by atoms with Crippen LogP contribution in [-0.2, 0) is 60.8 Å². The number of sulfone groups is 3. The van der Waals surface area contributed by atoms with Crippen LogP contribution >= 0.6 is 0 Å². The summed E-state index contributed by atoms with van der Waals surface area (Å²) in [6, 6.07) is 54.0. The number of aryl methyl sites for hydroxylation is 4. The van der Waals surface area contributed by atoms with Gasteiger partial charge in [-0.15, -0.1) is 0 Å². The molecule has 100 heavy (non-hydrogen) atoms. The van der Waals surface area contributed by atoms with Crippen LogP contribution in [0.15, 0.2) is 215 Å². The molecule has 0 saturated heterocycles. The zero-order chi connectivity index (χ0) is 72.3. The number of rotatable bonds is 17. The molecule has 2 atom stereocenters. The molecule has 3 heterocycles. The molecule has 0 bridgehead atoms. The highest BCUT2D eigenvalue weighted by atomic mass is 32.2. The van der Waals surface area contributed by atoms with Crippen molar-refractivity contribution in [2.75, 3.05) is 0 Å². The third-order valence-electron chi connectivity index (χ3n) is 16.2. The van der Waals surface area contributed by atoms with Crippen LogP contribution in [0.1, 0.15) is 90.8 Å². The summed E-state index contributed by atoms with van der Waals surface area (Å²) in [7, 11) is -16.1. The Morgan fingerprint density at radius 3 is 1.13 bits per heavy atom. The number of halogens is 9. The normalized spacial score (nSPS) is 13.3. The van der Waals surface area contributed by atoms with Crippen molar-refractivity contribution in [1.82, 2.24) is 29.9 Å². The quantitative estimate of drug-likeness (QED) is 0.0466. The number of fused-ring (bicyclic) bond motifs is 3. The lowest BCUT2D eigenvalue weighted by Crippen LogP contribution is -2.23. The molecule has 15 nitrogen and oxygen atoms in total. The van der Waals surface area contributed by atoms with Crippen LogP contribution in [0.5, 0.6) is 0 Å². The summed E-state index contributed by atoms with van der Waals surface area (Å²) in [6.45, 7) is 6.91. The molecule has 0 amide bonds. The summed E-state index contributed by atoms with van der Waals surface area (Å²) in [5, 5.41) is 30.6. The molecule has 12 rings (SSSR count). The maximum Gasteiger partial charge on any atom is 0.501 e. The number of aliphatic hydroxyl groups excluding tert-OH is 2. The summed E-state index contributed by atoms with van der Waals surface area (Å²) < 4.78 is 183. The highest BCUT2D eigenvalue weighted by Gasteiger charge is 2.48. The van der Waals surface area contributed by atoms with Crippen LogP contribution in [0.4, 0.5) is 39.5 Å². The number of aromatic nitrogens is 6. The van der Waals surface area contributed by atoms with Gasteiger partial charge in [0.05, 0.1) is 65.6 Å². The highest BCUT2D eigenvalue weighted by molar-refractivity contribution is 7.92. The van der Waals surface area contributed by atoms with E-state index in [1.165, 1.54) is 36.4 Å². The fraction of sp³-hybridized carbons (Fsp3) is 0.192. The van der Waals surface area contributed by atoms with Crippen molar-refractivity contribution in [3.8, 4) is 33.4 Å². The molecule has 27 heteroatoms. The number of nitrogens with one attached hydrogen (secondary N) is 3. The molecule has 0 spiro atoms. The molecule has 0 aliphatic carbocycles. The van der Waals surface area contributed by atoms with Gasteiger partial charge < -0.3 is 30.3 Å². The van der Waals surface area contributed by atoms with Gasteiger partial charge in [0, 0.05) is 12.8 Å². The summed E-state index contributed by atoms with van der Waals surface area (Å²) >= 11 is 0. The van der Waals surface area contributed by atoms with E-state index in [1.54, 1.807) is 39.8 Å². The molecule has 0 aliphatic heterocycles. The van der Waals surface area contributed by atoms with Gasteiger partial charge in [0.15, 0.2) is 0 Å². The van der Waals surface area contributed by atoms with Crippen molar-refractivity contribution in [2.24, 2.45) is 0 Å². The average molecular weight is 1440 g/mol. The molecule has 0 aliphatic rings. The predicted octanol–water partition coefficient (Wildman–Crippen LogP) is 16.6. The summed E-state index contributed by atoms with van der Waals surface area (Å²) in [5.41, 5.74) is -2.38. The molecule has 3 aromatic heterocycles. The summed E-state index contributed by atoms with van der Waals surface area (Å²) in [4.78, 5) is 21.0. The van der Waals surface area contributed by atoms with Crippen molar-refractivity contribution in [2.45, 2.75) is 102 Å². The molecule has 0 fully saturated rings. The number of nitrogens with zero attached hydrogens (tertiary/aromatic N) is 3. The van der Waals surface area contributed by atoms with E-state index in [9.17, 15) is 80.1 Å². The molecule has 0 saturated carbocycles. The van der Waals surface area contributed by atoms with Gasteiger partial charge in [0.1, 0.15) is 17.5 Å². The topological polar surface area (TPSA) is 249 Å². The number of hydrogen-bond acceptors (Lipinski definition) is 12. The van der Waals surface area contributed by atoms with Crippen molar-refractivity contribution in [3.63, 3.8) is 0 Å². The van der Waals surface area contributed by atoms with Gasteiger partial charge in [-0.25, -0.2) is 40.2 Å². The number of aliphatic hydroxyl groups is 3. The lowest BCUT2D eigenvalue weighted by atomic mass is 9.89. The van der Waals surface area contributed by atoms with Crippen LogP contribution in [0, 0.1) is 0 Å². The van der Waals surface area contributed by atoms with E-state index >= 15 is 0 Å². The Labute approximate surface area is 568 Å². The lowest BCUT2D eigenvalue weighted by Gasteiger charge is -2.21. The van der Waals surface area contributed by atoms with E-state index < -0.39 is 78.5 Å². The van der Waals surface area contributed by atoms with E-state index in [1.807, 2.05) is 127 Å². The van der Waals surface area contributed by atoms with Crippen molar-refractivity contribution in [1.29, 1.82) is 0 Å². The number of alkyl halides is 9. The van der Waals surface area contributed by atoms with Crippen molar-refractivity contribution < 1.29 is 80.1 Å². The first-order valence-corrected chi connectivity index (χ1v) is 35.2. The summed E-state index contributed by atoms with van der Waals surface area (Å²) in [5.74, 6) is 1.94. The van der Waals surface area contributed by atoms with E-state index in [2.05, 4.69) is 29.9 Å². The maximum atomic E-state index is 12.7. The zero-order valence-electron chi connectivity index (χ0n) is 53.4. The predicted molar refractivity (Wildman–Crippen MR) is 364 cm³/mol. The highest BCUT2D eigenvalue weighted by Crippen LogP contribution is 2.37. The van der Waals surface area contributed by atoms with Gasteiger partial charge in [-0.3, -0.25) is 0 Å². The van der Waals surface area contributed by atoms with E-state index in [0.717, 1.165) is 120 Å². The average Bonchev–Trinajstić information content (AvgIpc) is 1.27. The zero-order valence-corrected chi connectivity index (χ0v) is 55.9. The van der Waals surface area contributed by atoms with E-state index in [4.69, 9.17) is 0 Å². The fourth-order valence-corrected chi connectivity index (χ4v) is 13.3. The second-order valence-electron chi connectivity index (χ2n) is 23.9. The first kappa shape index (κ1) is 73.0. The first-order chi connectivity index (χ1) is 47.0. The largest absolute Gasteiger partial charge is 0.501 e. The van der Waals surface area contributed by atoms with Gasteiger partial charge in [0.2, 0.25) is 0 Å². The maximum absolute atomic E-state index is 12.7. The van der Waals surface area contributed by atoms with Crippen LogP contribution in [0.3, 0.4) is 0 Å². The van der Waals surface area contributed by atoms with E-state index in [-0.39, 0.29) is 0 Å². The Hall–Kier alpha value is -9.77. The van der Waals surface area contributed by atoms with Crippen LogP contribution in [0.2, 0.25) is 0 Å². The number of imidazole rings is 3. The minimum absolute atomic E-state index is 0.473. The Bertz CT molecular complexity index is 5320. The molecule has 9 aromatic carbocycles.